The van der Waals surface area contributed by atoms with Gasteiger partial charge in [0.25, 0.3) is 0 Å². The van der Waals surface area contributed by atoms with Gasteiger partial charge < -0.3 is 15.5 Å². The maximum Gasteiger partial charge on any atom is 0.225 e. The highest BCUT2D eigenvalue weighted by molar-refractivity contribution is 5.81. The van der Waals surface area contributed by atoms with Gasteiger partial charge in [0.1, 0.15) is 0 Å². The van der Waals surface area contributed by atoms with Gasteiger partial charge in [0.05, 0.1) is 0 Å². The van der Waals surface area contributed by atoms with Crippen LogP contribution in [-0.2, 0) is 4.79 Å². The zero-order valence-electron chi connectivity index (χ0n) is 14.0. The first-order chi connectivity index (χ1) is 9.29. The van der Waals surface area contributed by atoms with E-state index in [-0.39, 0.29) is 11.3 Å². The van der Waals surface area contributed by atoms with E-state index in [0.717, 1.165) is 26.2 Å². The lowest BCUT2D eigenvalue weighted by Crippen LogP contribution is -2.45. The van der Waals surface area contributed by atoms with Crippen molar-refractivity contribution in [2.24, 2.45) is 11.3 Å². The van der Waals surface area contributed by atoms with Crippen molar-refractivity contribution in [1.29, 1.82) is 0 Å². The van der Waals surface area contributed by atoms with Gasteiger partial charge in [-0.3, -0.25) is 4.79 Å². The van der Waals surface area contributed by atoms with Crippen LogP contribution in [0.5, 0.6) is 0 Å². The first-order valence-corrected chi connectivity index (χ1v) is 8.03. The van der Waals surface area contributed by atoms with E-state index in [1.165, 1.54) is 19.4 Å². The van der Waals surface area contributed by atoms with Crippen LogP contribution in [0.15, 0.2) is 0 Å². The summed E-state index contributed by atoms with van der Waals surface area (Å²) in [5.74, 6) is 0.769. The van der Waals surface area contributed by atoms with Crippen molar-refractivity contribution in [3.63, 3.8) is 0 Å². The number of nitrogens with one attached hydrogen (secondary N) is 2. The Labute approximate surface area is 124 Å². The minimum atomic E-state index is -0.282. The summed E-state index contributed by atoms with van der Waals surface area (Å²) in [4.78, 5) is 14.4. The molecular weight excluding hydrogens is 250 g/mol. The van der Waals surface area contributed by atoms with Crippen molar-refractivity contribution in [3.8, 4) is 0 Å². The molecule has 0 spiro atoms. The van der Waals surface area contributed by atoms with E-state index in [2.05, 4.69) is 29.4 Å². The Morgan fingerprint density at radius 1 is 1.35 bits per heavy atom. The van der Waals surface area contributed by atoms with Crippen LogP contribution in [0.2, 0.25) is 0 Å². The molecule has 0 aromatic heterocycles. The first kappa shape index (κ1) is 17.4. The van der Waals surface area contributed by atoms with Crippen LogP contribution in [0, 0.1) is 11.3 Å². The molecule has 1 unspecified atom stereocenters. The van der Waals surface area contributed by atoms with E-state index in [1.54, 1.807) is 0 Å². The third-order valence-electron chi connectivity index (χ3n) is 3.82. The fourth-order valence-electron chi connectivity index (χ4n) is 2.53. The van der Waals surface area contributed by atoms with Gasteiger partial charge in [0.2, 0.25) is 5.91 Å². The van der Waals surface area contributed by atoms with E-state index >= 15 is 0 Å². The van der Waals surface area contributed by atoms with Gasteiger partial charge in [-0.15, -0.1) is 0 Å². The molecule has 1 heterocycles. The molecule has 0 aliphatic carbocycles. The number of hydrogen-bond donors (Lipinski definition) is 2. The summed E-state index contributed by atoms with van der Waals surface area (Å²) in [6.07, 6.45) is 2.48. The normalized spacial score (nSPS) is 21.2. The van der Waals surface area contributed by atoms with Crippen LogP contribution in [0.1, 0.15) is 47.5 Å². The van der Waals surface area contributed by atoms with Gasteiger partial charge in [-0.1, -0.05) is 34.6 Å². The molecule has 2 N–H and O–H groups in total. The Kier molecular flexibility index (Phi) is 6.96. The number of carbonyl (C=O) groups is 1. The highest BCUT2D eigenvalue weighted by Crippen LogP contribution is 2.17. The zero-order chi connectivity index (χ0) is 15.2. The molecule has 0 aromatic carbocycles. The second-order valence-corrected chi connectivity index (χ2v) is 7.38. The molecule has 1 aliphatic rings. The highest BCUT2D eigenvalue weighted by atomic mass is 16.2. The van der Waals surface area contributed by atoms with Crippen LogP contribution >= 0.6 is 0 Å². The molecule has 1 saturated heterocycles. The lowest BCUT2D eigenvalue weighted by atomic mass is 9.94. The van der Waals surface area contributed by atoms with Gasteiger partial charge >= 0.3 is 0 Å². The van der Waals surface area contributed by atoms with Gasteiger partial charge in [-0.25, -0.2) is 0 Å². The summed E-state index contributed by atoms with van der Waals surface area (Å²) in [6, 6.07) is 0.557. The third kappa shape index (κ3) is 6.71. The first-order valence-electron chi connectivity index (χ1n) is 8.03. The van der Waals surface area contributed by atoms with E-state index in [9.17, 15) is 4.79 Å². The summed E-state index contributed by atoms with van der Waals surface area (Å²) in [6.45, 7) is 15.6. The number of rotatable bonds is 6. The van der Waals surface area contributed by atoms with Gasteiger partial charge in [-0.2, -0.15) is 0 Å². The van der Waals surface area contributed by atoms with Crippen molar-refractivity contribution in [1.82, 2.24) is 15.5 Å². The predicted octanol–water partition coefficient (Wildman–Crippen LogP) is 1.86. The number of piperidine rings is 1. The van der Waals surface area contributed by atoms with Gasteiger partial charge in [-0.05, 0) is 25.3 Å². The monoisotopic (exact) mass is 283 g/mol. The van der Waals surface area contributed by atoms with E-state index in [1.807, 2.05) is 20.8 Å². The van der Waals surface area contributed by atoms with Crippen molar-refractivity contribution < 1.29 is 4.79 Å². The van der Waals surface area contributed by atoms with Crippen molar-refractivity contribution in [2.45, 2.75) is 53.5 Å². The topological polar surface area (TPSA) is 44.4 Å². The van der Waals surface area contributed by atoms with Crippen LogP contribution in [0.25, 0.3) is 0 Å². The van der Waals surface area contributed by atoms with Crippen LogP contribution in [-0.4, -0.2) is 49.6 Å². The summed E-state index contributed by atoms with van der Waals surface area (Å²) in [5.41, 5.74) is -0.282. The summed E-state index contributed by atoms with van der Waals surface area (Å²) in [5, 5.41) is 6.57. The molecule has 4 heteroatoms. The van der Waals surface area contributed by atoms with Gasteiger partial charge in [0.15, 0.2) is 0 Å². The minimum absolute atomic E-state index is 0.163. The molecule has 20 heavy (non-hydrogen) atoms. The smallest absolute Gasteiger partial charge is 0.225 e. The van der Waals surface area contributed by atoms with E-state index < -0.39 is 0 Å². The molecular formula is C16H33N3O. The number of likely N-dealkylation sites (tertiary alicyclic amines) is 1. The molecule has 1 atom stereocenters. The molecule has 1 amide bonds. The number of nitrogens with zero attached hydrogens (tertiary/aromatic N) is 1. The molecule has 0 aromatic rings. The zero-order valence-corrected chi connectivity index (χ0v) is 14.0. The molecule has 0 saturated carbocycles. The SMILES string of the molecule is CC(C)NCCN1CCCC(CNC(=O)C(C)(C)C)C1. The second kappa shape index (κ2) is 7.99. The Morgan fingerprint density at radius 3 is 2.65 bits per heavy atom. The maximum atomic E-state index is 11.9. The quantitative estimate of drug-likeness (QED) is 0.782. The Bertz CT molecular complexity index is 297. The average molecular weight is 283 g/mol. The van der Waals surface area contributed by atoms with Crippen molar-refractivity contribution >= 4 is 5.91 Å². The molecule has 1 rings (SSSR count). The average Bonchev–Trinajstić information content (AvgIpc) is 2.35. The van der Waals surface area contributed by atoms with Gasteiger partial charge in [0, 0.05) is 37.6 Å². The lowest BCUT2D eigenvalue weighted by Gasteiger charge is -2.33. The Morgan fingerprint density at radius 2 is 2.05 bits per heavy atom. The Hall–Kier alpha value is -0.610. The van der Waals surface area contributed by atoms with Crippen molar-refractivity contribution in [2.75, 3.05) is 32.7 Å². The molecule has 0 bridgehead atoms. The number of hydrogen-bond acceptors (Lipinski definition) is 3. The lowest BCUT2D eigenvalue weighted by molar-refractivity contribution is -0.128. The molecule has 1 aliphatic heterocycles. The largest absolute Gasteiger partial charge is 0.355 e. The number of amides is 1. The van der Waals surface area contributed by atoms with Crippen LogP contribution < -0.4 is 10.6 Å². The number of carbonyl (C=O) groups excluding carboxylic acids is 1. The summed E-state index contributed by atoms with van der Waals surface area (Å²) in [7, 11) is 0. The molecule has 4 nitrogen and oxygen atoms in total. The highest BCUT2D eigenvalue weighted by Gasteiger charge is 2.24. The fourth-order valence-corrected chi connectivity index (χ4v) is 2.53. The summed E-state index contributed by atoms with van der Waals surface area (Å²) < 4.78 is 0. The standard InChI is InChI=1S/C16H33N3O/c1-13(2)17-8-10-19-9-6-7-14(12-19)11-18-15(20)16(3,4)5/h13-14,17H,6-12H2,1-5H3,(H,18,20). The van der Waals surface area contributed by atoms with Crippen LogP contribution in [0.4, 0.5) is 0 Å². The second-order valence-electron chi connectivity index (χ2n) is 7.38. The maximum absolute atomic E-state index is 11.9. The molecule has 1 fully saturated rings. The van der Waals surface area contributed by atoms with E-state index in [0.29, 0.717) is 12.0 Å². The molecule has 118 valence electrons. The minimum Gasteiger partial charge on any atom is -0.355 e. The third-order valence-corrected chi connectivity index (χ3v) is 3.82. The predicted molar refractivity (Wildman–Crippen MR) is 84.8 cm³/mol. The fraction of sp³-hybridized carbons (Fsp3) is 0.938. The summed E-state index contributed by atoms with van der Waals surface area (Å²) >= 11 is 0. The Balaban J connectivity index is 2.25. The van der Waals surface area contributed by atoms with Crippen molar-refractivity contribution in [3.05, 3.63) is 0 Å². The van der Waals surface area contributed by atoms with Crippen LogP contribution in [0.3, 0.4) is 0 Å². The molecule has 0 radical (unpaired) electrons. The van der Waals surface area contributed by atoms with E-state index in [4.69, 9.17) is 0 Å².